The lowest BCUT2D eigenvalue weighted by molar-refractivity contribution is -0.377. The lowest BCUT2D eigenvalue weighted by atomic mass is 10.4. The van der Waals surface area contributed by atoms with E-state index in [0.29, 0.717) is 0 Å². The monoisotopic (exact) mass is 326 g/mol. The zero-order chi connectivity index (χ0) is 10.3. The normalized spacial score (nSPS) is 9.75. The first-order valence-corrected chi connectivity index (χ1v) is 4.60. The van der Waals surface area contributed by atoms with Crippen molar-refractivity contribution in [1.29, 1.82) is 0 Å². The van der Waals surface area contributed by atoms with Crippen LogP contribution in [-0.2, 0) is 0 Å². The SMILES string of the molecule is C(=Nc1cc[nH+]cc1)Nc1ccncc1.[I-]. The molecule has 0 aliphatic rings. The first-order valence-electron chi connectivity index (χ1n) is 4.60. The topological polar surface area (TPSA) is 51.4 Å². The molecular formula is C11H11IN4. The molecule has 0 atom stereocenters. The summed E-state index contributed by atoms with van der Waals surface area (Å²) < 4.78 is 0. The van der Waals surface area contributed by atoms with Crippen LogP contribution in [0.2, 0.25) is 0 Å². The van der Waals surface area contributed by atoms with Crippen molar-refractivity contribution in [2.24, 2.45) is 4.99 Å². The van der Waals surface area contributed by atoms with Crippen LogP contribution in [0.3, 0.4) is 0 Å². The molecule has 0 spiro atoms. The van der Waals surface area contributed by atoms with Gasteiger partial charge in [-0.05, 0) is 12.1 Å². The standard InChI is InChI=1S/C11H10N4.HI/c1-5-12-6-2-10(1)14-9-15-11-3-7-13-8-4-11;/h1-9H,(H,12,13,14,15);1H. The van der Waals surface area contributed by atoms with Crippen molar-refractivity contribution in [1.82, 2.24) is 4.98 Å². The van der Waals surface area contributed by atoms with E-state index in [0.717, 1.165) is 11.4 Å². The van der Waals surface area contributed by atoms with E-state index in [1.807, 2.05) is 36.7 Å². The summed E-state index contributed by atoms with van der Waals surface area (Å²) in [5.41, 5.74) is 1.87. The number of nitrogens with one attached hydrogen (secondary N) is 2. The lowest BCUT2D eigenvalue weighted by Gasteiger charge is -1.97. The van der Waals surface area contributed by atoms with Gasteiger partial charge < -0.3 is 29.3 Å². The highest BCUT2D eigenvalue weighted by Crippen LogP contribution is 2.06. The number of aromatic nitrogens is 2. The van der Waals surface area contributed by atoms with E-state index >= 15 is 0 Å². The quantitative estimate of drug-likeness (QED) is 0.432. The van der Waals surface area contributed by atoms with E-state index in [9.17, 15) is 0 Å². The number of halogens is 1. The number of H-pyrrole nitrogens is 1. The zero-order valence-electron chi connectivity index (χ0n) is 8.47. The third-order valence-electron chi connectivity index (χ3n) is 1.83. The number of aliphatic imine (C=N–C) groups is 1. The second-order valence-electron chi connectivity index (χ2n) is 2.90. The average molecular weight is 326 g/mol. The fourth-order valence-electron chi connectivity index (χ4n) is 1.09. The van der Waals surface area contributed by atoms with E-state index in [2.05, 4.69) is 20.3 Å². The first-order chi connectivity index (χ1) is 7.45. The molecule has 0 aromatic carbocycles. The van der Waals surface area contributed by atoms with Crippen molar-refractivity contribution in [3.05, 3.63) is 49.1 Å². The Morgan fingerprint density at radius 1 is 1.12 bits per heavy atom. The van der Waals surface area contributed by atoms with E-state index in [1.165, 1.54) is 0 Å². The molecule has 4 nitrogen and oxygen atoms in total. The summed E-state index contributed by atoms with van der Waals surface area (Å²) in [4.78, 5) is 11.1. The van der Waals surface area contributed by atoms with Gasteiger partial charge in [-0.25, -0.2) is 9.98 Å². The van der Waals surface area contributed by atoms with Crippen LogP contribution in [0.15, 0.2) is 54.0 Å². The van der Waals surface area contributed by atoms with Crippen molar-refractivity contribution in [3.8, 4) is 0 Å². The molecule has 0 aliphatic heterocycles. The van der Waals surface area contributed by atoms with Crippen molar-refractivity contribution in [2.75, 3.05) is 5.32 Å². The lowest BCUT2D eigenvalue weighted by Crippen LogP contribution is -3.00. The molecule has 0 fully saturated rings. The maximum atomic E-state index is 4.22. The number of hydrogen-bond donors (Lipinski definition) is 1. The molecule has 0 aliphatic carbocycles. The second-order valence-corrected chi connectivity index (χ2v) is 2.90. The van der Waals surface area contributed by atoms with Gasteiger partial charge in [-0.1, -0.05) is 0 Å². The van der Waals surface area contributed by atoms with Crippen molar-refractivity contribution in [3.63, 3.8) is 0 Å². The molecule has 82 valence electrons. The maximum Gasteiger partial charge on any atom is 0.169 e. The number of aromatic amines is 1. The van der Waals surface area contributed by atoms with E-state index in [1.54, 1.807) is 18.7 Å². The Hall–Kier alpha value is -1.50. The maximum absolute atomic E-state index is 4.22. The third kappa shape index (κ3) is 3.93. The Bertz CT molecular complexity index is 430. The summed E-state index contributed by atoms with van der Waals surface area (Å²) >= 11 is 0. The van der Waals surface area contributed by atoms with Crippen molar-refractivity contribution < 1.29 is 29.0 Å². The predicted molar refractivity (Wildman–Crippen MR) is 59.0 cm³/mol. The fraction of sp³-hybridized carbons (Fsp3) is 0. The Kier molecular flexibility index (Phi) is 5.41. The molecule has 2 aromatic heterocycles. The first kappa shape index (κ1) is 12.6. The Morgan fingerprint density at radius 2 is 1.81 bits per heavy atom. The molecule has 16 heavy (non-hydrogen) atoms. The predicted octanol–water partition coefficient (Wildman–Crippen LogP) is -1.33. The van der Waals surface area contributed by atoms with Gasteiger partial charge in [-0.15, -0.1) is 0 Å². The highest BCUT2D eigenvalue weighted by Gasteiger charge is 1.88. The van der Waals surface area contributed by atoms with Gasteiger partial charge in [0, 0.05) is 30.2 Å². The van der Waals surface area contributed by atoms with Crippen LogP contribution in [0.1, 0.15) is 0 Å². The number of hydrogen-bond acceptors (Lipinski definition) is 2. The molecule has 0 amide bonds. The van der Waals surface area contributed by atoms with Crippen molar-refractivity contribution >= 4 is 17.7 Å². The highest BCUT2D eigenvalue weighted by atomic mass is 127. The molecule has 0 saturated carbocycles. The Morgan fingerprint density at radius 3 is 2.50 bits per heavy atom. The van der Waals surface area contributed by atoms with Gasteiger partial charge >= 0.3 is 0 Å². The van der Waals surface area contributed by atoms with E-state index in [4.69, 9.17) is 0 Å². The summed E-state index contributed by atoms with van der Waals surface area (Å²) in [7, 11) is 0. The van der Waals surface area contributed by atoms with Crippen LogP contribution in [0, 0.1) is 0 Å². The molecule has 0 bridgehead atoms. The minimum absolute atomic E-state index is 0. The molecule has 0 radical (unpaired) electrons. The van der Waals surface area contributed by atoms with Gasteiger partial charge in [0.05, 0.1) is 12.0 Å². The summed E-state index contributed by atoms with van der Waals surface area (Å²) in [6, 6.07) is 7.55. The largest absolute Gasteiger partial charge is 1.00 e. The van der Waals surface area contributed by atoms with Gasteiger partial charge in [0.15, 0.2) is 12.4 Å². The minimum atomic E-state index is 0. The van der Waals surface area contributed by atoms with Gasteiger partial charge in [0.25, 0.3) is 0 Å². The molecule has 2 N–H and O–H groups in total. The molecule has 0 unspecified atom stereocenters. The van der Waals surface area contributed by atoms with Crippen LogP contribution in [0.25, 0.3) is 0 Å². The summed E-state index contributed by atoms with van der Waals surface area (Å²) in [5.74, 6) is 0. The van der Waals surface area contributed by atoms with E-state index < -0.39 is 0 Å². The molecule has 0 saturated heterocycles. The van der Waals surface area contributed by atoms with Crippen LogP contribution < -0.4 is 34.3 Å². The summed E-state index contributed by atoms with van der Waals surface area (Å²) in [6.45, 7) is 0. The molecular weight excluding hydrogens is 315 g/mol. The van der Waals surface area contributed by atoms with Gasteiger partial charge in [-0.2, -0.15) is 0 Å². The zero-order valence-corrected chi connectivity index (χ0v) is 10.6. The Labute approximate surface area is 111 Å². The number of rotatable bonds is 3. The highest BCUT2D eigenvalue weighted by molar-refractivity contribution is 5.77. The van der Waals surface area contributed by atoms with Gasteiger partial charge in [0.1, 0.15) is 0 Å². The smallest absolute Gasteiger partial charge is 0.169 e. The van der Waals surface area contributed by atoms with Crippen LogP contribution >= 0.6 is 0 Å². The van der Waals surface area contributed by atoms with Crippen LogP contribution in [-0.4, -0.2) is 11.3 Å². The Balaban J connectivity index is 0.00000128. The number of nitrogens with zero attached hydrogens (tertiary/aromatic N) is 2. The second kappa shape index (κ2) is 6.89. The average Bonchev–Trinajstić information content (AvgIpc) is 2.32. The molecule has 2 heterocycles. The van der Waals surface area contributed by atoms with Gasteiger partial charge in [-0.3, -0.25) is 4.98 Å². The van der Waals surface area contributed by atoms with Crippen molar-refractivity contribution in [2.45, 2.75) is 0 Å². The molecule has 2 rings (SSSR count). The molecule has 5 heteroatoms. The summed E-state index contributed by atoms with van der Waals surface area (Å²) in [6.07, 6.45) is 8.78. The van der Waals surface area contributed by atoms with E-state index in [-0.39, 0.29) is 24.0 Å². The number of pyridine rings is 2. The fourth-order valence-corrected chi connectivity index (χ4v) is 1.09. The number of anilines is 1. The minimum Gasteiger partial charge on any atom is -1.00 e. The molecule has 2 aromatic rings. The third-order valence-corrected chi connectivity index (χ3v) is 1.83. The van der Waals surface area contributed by atoms with Crippen LogP contribution in [0.4, 0.5) is 11.4 Å². The van der Waals surface area contributed by atoms with Crippen LogP contribution in [0.5, 0.6) is 0 Å². The summed E-state index contributed by atoms with van der Waals surface area (Å²) in [5, 5.41) is 3.05. The van der Waals surface area contributed by atoms with Gasteiger partial charge in [0.2, 0.25) is 0 Å².